The lowest BCUT2D eigenvalue weighted by Crippen LogP contribution is -2.40. The minimum absolute atomic E-state index is 0.186. The number of rotatable bonds is 0. The van der Waals surface area contributed by atoms with E-state index >= 15 is 0 Å². The van der Waals surface area contributed by atoms with Crippen molar-refractivity contribution in [1.29, 1.82) is 0 Å². The van der Waals surface area contributed by atoms with Gasteiger partial charge in [0.2, 0.25) is 10.9 Å². The molecule has 0 amide bonds. The van der Waals surface area contributed by atoms with Crippen molar-refractivity contribution in [1.82, 2.24) is 0 Å². The second-order valence-electron chi connectivity index (χ2n) is 4.95. The van der Waals surface area contributed by atoms with Crippen LogP contribution in [0.2, 0.25) is 0 Å². The van der Waals surface area contributed by atoms with Crippen molar-refractivity contribution in [2.45, 2.75) is 19.3 Å². The van der Waals surface area contributed by atoms with Crippen LogP contribution in [0.3, 0.4) is 0 Å². The number of thiophene rings is 1. The highest BCUT2D eigenvalue weighted by molar-refractivity contribution is 7.19. The monoisotopic (exact) mass is 254 g/mol. The molecule has 0 bridgehead atoms. The number of hydrogen-bond donors (Lipinski definition) is 0. The lowest BCUT2D eigenvalue weighted by Gasteiger charge is -2.23. The van der Waals surface area contributed by atoms with Crippen LogP contribution in [0.4, 0.5) is 0 Å². The van der Waals surface area contributed by atoms with Crippen LogP contribution >= 0.6 is 11.3 Å². The standard InChI is InChI=1S/C15H10O2S/c1-7-6-10-12(13-11(7)14(16)15(13)17)8-4-2-3-5-9(8)18-10/h2-5,7H,6H2,1H3. The summed E-state index contributed by atoms with van der Waals surface area (Å²) in [6.07, 6.45) is 0.881. The van der Waals surface area contributed by atoms with Gasteiger partial charge in [-0.15, -0.1) is 11.3 Å². The third kappa shape index (κ3) is 1.03. The van der Waals surface area contributed by atoms with Crippen molar-refractivity contribution in [2.75, 3.05) is 0 Å². The lowest BCUT2D eigenvalue weighted by molar-refractivity contribution is 0.742. The zero-order valence-electron chi connectivity index (χ0n) is 9.82. The highest BCUT2D eigenvalue weighted by Crippen LogP contribution is 2.45. The van der Waals surface area contributed by atoms with Crippen LogP contribution < -0.4 is 10.9 Å². The quantitative estimate of drug-likeness (QED) is 0.578. The summed E-state index contributed by atoms with van der Waals surface area (Å²) in [6.45, 7) is 2.03. The van der Waals surface area contributed by atoms with E-state index in [2.05, 4.69) is 6.07 Å². The summed E-state index contributed by atoms with van der Waals surface area (Å²) in [6, 6.07) is 8.12. The van der Waals surface area contributed by atoms with Crippen LogP contribution in [0.5, 0.6) is 0 Å². The maximum absolute atomic E-state index is 11.8. The molecule has 2 aromatic carbocycles. The highest BCUT2D eigenvalue weighted by atomic mass is 32.1. The Balaban J connectivity index is 2.17. The molecule has 2 nitrogen and oxygen atoms in total. The van der Waals surface area contributed by atoms with Gasteiger partial charge in [0.25, 0.3) is 0 Å². The molecule has 1 atom stereocenters. The Labute approximate surface area is 107 Å². The summed E-state index contributed by atoms with van der Waals surface area (Å²) in [7, 11) is 0. The minimum Gasteiger partial charge on any atom is -0.285 e. The van der Waals surface area contributed by atoms with Crippen molar-refractivity contribution < 1.29 is 0 Å². The van der Waals surface area contributed by atoms with Gasteiger partial charge >= 0.3 is 0 Å². The average molecular weight is 254 g/mol. The summed E-state index contributed by atoms with van der Waals surface area (Å²) in [5, 5.41) is 1.12. The van der Waals surface area contributed by atoms with Gasteiger partial charge in [-0.2, -0.15) is 0 Å². The topological polar surface area (TPSA) is 34.1 Å². The fourth-order valence-corrected chi connectivity index (χ4v) is 4.36. The first-order valence-corrected chi connectivity index (χ1v) is 6.84. The predicted molar refractivity (Wildman–Crippen MR) is 74.3 cm³/mol. The van der Waals surface area contributed by atoms with Crippen molar-refractivity contribution in [2.24, 2.45) is 0 Å². The van der Waals surface area contributed by atoms with Crippen molar-refractivity contribution >= 4 is 21.4 Å². The summed E-state index contributed by atoms with van der Waals surface area (Å²) in [5.74, 6) is 0.186. The van der Waals surface area contributed by atoms with E-state index in [0.717, 1.165) is 22.9 Å². The Morgan fingerprint density at radius 1 is 1.11 bits per heavy atom. The largest absolute Gasteiger partial charge is 0.285 e. The predicted octanol–water partition coefficient (Wildman–Crippen LogP) is 2.82. The molecular weight excluding hydrogens is 244 g/mol. The Morgan fingerprint density at radius 2 is 1.89 bits per heavy atom. The first-order valence-electron chi connectivity index (χ1n) is 6.02. The molecule has 0 saturated heterocycles. The zero-order chi connectivity index (χ0) is 12.4. The Hall–Kier alpha value is -1.74. The molecule has 3 aromatic rings. The summed E-state index contributed by atoms with van der Waals surface area (Å²) >= 11 is 1.75. The van der Waals surface area contributed by atoms with Gasteiger partial charge in [0, 0.05) is 31.7 Å². The molecule has 0 fully saturated rings. The van der Waals surface area contributed by atoms with Crippen LogP contribution in [-0.2, 0) is 6.42 Å². The molecule has 1 aliphatic carbocycles. The molecular formula is C15H10O2S. The van der Waals surface area contributed by atoms with Crippen LogP contribution in [0.25, 0.3) is 21.2 Å². The Bertz CT molecular complexity index is 862. The van der Waals surface area contributed by atoms with Gasteiger partial charge in [0.15, 0.2) is 0 Å². The number of hydrogen-bond acceptors (Lipinski definition) is 3. The Morgan fingerprint density at radius 3 is 2.72 bits per heavy atom. The molecule has 0 spiro atoms. The van der Waals surface area contributed by atoms with Crippen molar-refractivity contribution in [3.8, 4) is 11.1 Å². The van der Waals surface area contributed by atoms with Gasteiger partial charge in [-0.3, -0.25) is 9.59 Å². The normalized spacial score (nSPS) is 17.9. The molecule has 3 heteroatoms. The molecule has 1 aromatic heterocycles. The molecule has 88 valence electrons. The second-order valence-corrected chi connectivity index (χ2v) is 6.09. The SMILES string of the molecule is CC1Cc2sc3ccccc3c2-c2c1c(=O)c2=O. The van der Waals surface area contributed by atoms with E-state index in [-0.39, 0.29) is 16.8 Å². The van der Waals surface area contributed by atoms with Gasteiger partial charge in [0.05, 0.1) is 0 Å². The molecule has 4 rings (SSSR count). The van der Waals surface area contributed by atoms with E-state index in [9.17, 15) is 9.59 Å². The molecule has 0 aliphatic heterocycles. The molecule has 0 radical (unpaired) electrons. The number of fused-ring (bicyclic) bond motifs is 5. The van der Waals surface area contributed by atoms with E-state index in [0.29, 0.717) is 5.56 Å². The maximum atomic E-state index is 11.8. The molecule has 0 N–H and O–H groups in total. The molecule has 18 heavy (non-hydrogen) atoms. The van der Waals surface area contributed by atoms with E-state index in [1.807, 2.05) is 25.1 Å². The lowest BCUT2D eigenvalue weighted by atomic mass is 9.78. The second kappa shape index (κ2) is 3.18. The smallest absolute Gasteiger partial charge is 0.234 e. The van der Waals surface area contributed by atoms with E-state index in [1.165, 1.54) is 9.58 Å². The van der Waals surface area contributed by atoms with Crippen molar-refractivity contribution in [3.05, 3.63) is 55.2 Å². The molecule has 1 unspecified atom stereocenters. The average Bonchev–Trinajstić information content (AvgIpc) is 2.73. The fourth-order valence-electron chi connectivity index (χ4n) is 3.02. The van der Waals surface area contributed by atoms with Gasteiger partial charge in [-0.1, -0.05) is 25.1 Å². The zero-order valence-corrected chi connectivity index (χ0v) is 10.6. The third-order valence-electron chi connectivity index (χ3n) is 3.85. The summed E-state index contributed by atoms with van der Waals surface area (Å²) < 4.78 is 1.20. The van der Waals surface area contributed by atoms with Crippen molar-refractivity contribution in [3.63, 3.8) is 0 Å². The molecule has 1 heterocycles. The molecule has 1 aliphatic rings. The fraction of sp³-hybridized carbons (Fsp3) is 0.200. The minimum atomic E-state index is -0.290. The van der Waals surface area contributed by atoms with Gasteiger partial charge < -0.3 is 0 Å². The highest BCUT2D eigenvalue weighted by Gasteiger charge is 2.34. The van der Waals surface area contributed by atoms with Crippen LogP contribution in [0, 0.1) is 0 Å². The summed E-state index contributed by atoms with van der Waals surface area (Å²) in [5.41, 5.74) is 1.94. The first-order chi connectivity index (χ1) is 8.68. The van der Waals surface area contributed by atoms with E-state index in [1.54, 1.807) is 11.3 Å². The maximum Gasteiger partial charge on any atom is 0.234 e. The van der Waals surface area contributed by atoms with Crippen LogP contribution in [-0.4, -0.2) is 0 Å². The van der Waals surface area contributed by atoms with Gasteiger partial charge in [0.1, 0.15) is 0 Å². The molecule has 0 saturated carbocycles. The van der Waals surface area contributed by atoms with E-state index in [4.69, 9.17) is 0 Å². The van der Waals surface area contributed by atoms with E-state index < -0.39 is 0 Å². The first kappa shape index (κ1) is 10.2. The Kier molecular flexibility index (Phi) is 1.80. The third-order valence-corrected chi connectivity index (χ3v) is 5.04. The summed E-state index contributed by atoms with van der Waals surface area (Å²) in [4.78, 5) is 24.8. The van der Waals surface area contributed by atoms with Crippen LogP contribution in [0.1, 0.15) is 23.3 Å². The number of benzene rings is 1. The van der Waals surface area contributed by atoms with Crippen LogP contribution in [0.15, 0.2) is 33.9 Å². The van der Waals surface area contributed by atoms with Gasteiger partial charge in [-0.25, -0.2) is 0 Å². The van der Waals surface area contributed by atoms with Gasteiger partial charge in [-0.05, 0) is 18.4 Å².